The quantitative estimate of drug-likeness (QED) is 0.900. The van der Waals surface area contributed by atoms with Crippen LogP contribution in [0.3, 0.4) is 0 Å². The molecule has 5 nitrogen and oxygen atoms in total. The fourth-order valence-corrected chi connectivity index (χ4v) is 2.69. The van der Waals surface area contributed by atoms with Crippen molar-refractivity contribution >= 4 is 33.2 Å². The number of anilines is 1. The summed E-state index contributed by atoms with van der Waals surface area (Å²) >= 11 is 6.01. The Morgan fingerprint density at radius 2 is 1.73 bits per heavy atom. The molecule has 0 aliphatic heterocycles. The molecule has 0 spiro atoms. The van der Waals surface area contributed by atoms with Gasteiger partial charge in [-0.2, -0.15) is 0 Å². The van der Waals surface area contributed by atoms with Gasteiger partial charge < -0.3 is 5.32 Å². The highest BCUT2D eigenvalue weighted by Gasteiger charge is 2.13. The molecule has 0 saturated carbocycles. The molecule has 0 radical (unpaired) electrons. The van der Waals surface area contributed by atoms with Crippen molar-refractivity contribution < 1.29 is 13.2 Å². The van der Waals surface area contributed by atoms with Crippen molar-refractivity contribution in [2.24, 2.45) is 0 Å². The number of aryl methyl sites for hydroxylation is 1. The highest BCUT2D eigenvalue weighted by atomic mass is 35.5. The number of rotatable bonds is 4. The second-order valence-corrected chi connectivity index (χ2v) is 6.94. The second-order valence-electron chi connectivity index (χ2n) is 4.65. The van der Waals surface area contributed by atoms with Gasteiger partial charge in [0.15, 0.2) is 0 Å². The van der Waals surface area contributed by atoms with Crippen LogP contribution in [0.25, 0.3) is 0 Å². The van der Waals surface area contributed by atoms with E-state index in [1.54, 1.807) is 18.2 Å². The molecule has 0 heterocycles. The molecule has 1 amide bonds. The van der Waals surface area contributed by atoms with Gasteiger partial charge in [0.05, 0.1) is 4.90 Å². The molecular weight excluding hydrogens is 324 g/mol. The maximum absolute atomic E-state index is 12.1. The third-order valence-electron chi connectivity index (χ3n) is 3.13. The Morgan fingerprint density at radius 1 is 1.09 bits per heavy atom. The van der Waals surface area contributed by atoms with Crippen molar-refractivity contribution in [3.8, 4) is 0 Å². The van der Waals surface area contributed by atoms with Crippen LogP contribution in [-0.4, -0.2) is 21.4 Å². The smallest absolute Gasteiger partial charge is 0.255 e. The normalized spacial score (nSPS) is 11.2. The van der Waals surface area contributed by atoms with E-state index < -0.39 is 10.0 Å². The second kappa shape index (κ2) is 6.48. The van der Waals surface area contributed by atoms with Crippen LogP contribution in [0.1, 0.15) is 15.9 Å². The van der Waals surface area contributed by atoms with Gasteiger partial charge in [0.25, 0.3) is 5.91 Å². The Labute approximate surface area is 134 Å². The molecule has 0 fully saturated rings. The lowest BCUT2D eigenvalue weighted by Crippen LogP contribution is -2.19. The van der Waals surface area contributed by atoms with E-state index in [0.29, 0.717) is 16.3 Å². The van der Waals surface area contributed by atoms with E-state index in [4.69, 9.17) is 11.6 Å². The van der Waals surface area contributed by atoms with Crippen molar-refractivity contribution in [1.29, 1.82) is 0 Å². The van der Waals surface area contributed by atoms with Gasteiger partial charge >= 0.3 is 0 Å². The summed E-state index contributed by atoms with van der Waals surface area (Å²) in [5.74, 6) is -0.340. The molecule has 0 aromatic heterocycles. The Morgan fingerprint density at radius 3 is 2.27 bits per heavy atom. The van der Waals surface area contributed by atoms with Gasteiger partial charge in [-0.15, -0.1) is 0 Å². The first-order chi connectivity index (χ1) is 10.3. The first-order valence-electron chi connectivity index (χ1n) is 6.44. The van der Waals surface area contributed by atoms with E-state index in [2.05, 4.69) is 10.0 Å². The fourth-order valence-electron chi connectivity index (χ4n) is 1.78. The molecule has 2 rings (SSSR count). The number of amides is 1. The largest absolute Gasteiger partial charge is 0.322 e. The summed E-state index contributed by atoms with van der Waals surface area (Å²) in [5.41, 5.74) is 1.85. The SMILES string of the molecule is CNS(=O)(=O)c1ccc(C(=O)Nc2ccc(C)c(Cl)c2)cc1. The third kappa shape index (κ3) is 3.65. The zero-order valence-corrected chi connectivity index (χ0v) is 13.6. The number of nitrogens with one attached hydrogen (secondary N) is 2. The highest BCUT2D eigenvalue weighted by Crippen LogP contribution is 2.20. The predicted molar refractivity (Wildman–Crippen MR) is 86.8 cm³/mol. The fraction of sp³-hybridized carbons (Fsp3) is 0.133. The van der Waals surface area contributed by atoms with Gasteiger partial charge in [0.2, 0.25) is 10.0 Å². The minimum Gasteiger partial charge on any atom is -0.322 e. The molecule has 22 heavy (non-hydrogen) atoms. The number of hydrogen-bond acceptors (Lipinski definition) is 3. The zero-order chi connectivity index (χ0) is 16.3. The molecular formula is C15H15ClN2O3S. The van der Waals surface area contributed by atoms with Crippen LogP contribution < -0.4 is 10.0 Å². The molecule has 0 saturated heterocycles. The lowest BCUT2D eigenvalue weighted by atomic mass is 10.2. The lowest BCUT2D eigenvalue weighted by Gasteiger charge is -2.08. The van der Waals surface area contributed by atoms with E-state index in [9.17, 15) is 13.2 Å². The summed E-state index contributed by atoms with van der Waals surface area (Å²) in [6.45, 7) is 1.87. The number of benzene rings is 2. The Balaban J connectivity index is 2.18. The zero-order valence-electron chi connectivity index (χ0n) is 12.1. The monoisotopic (exact) mass is 338 g/mol. The van der Waals surface area contributed by atoms with E-state index in [1.807, 2.05) is 6.92 Å². The molecule has 7 heteroatoms. The summed E-state index contributed by atoms with van der Waals surface area (Å²) in [7, 11) is -2.18. The van der Waals surface area contributed by atoms with Crippen molar-refractivity contribution in [2.75, 3.05) is 12.4 Å². The topological polar surface area (TPSA) is 75.3 Å². The maximum atomic E-state index is 12.1. The van der Waals surface area contributed by atoms with E-state index in [0.717, 1.165) is 5.56 Å². The van der Waals surface area contributed by atoms with Crippen LogP contribution in [0.5, 0.6) is 0 Å². The van der Waals surface area contributed by atoms with Crippen LogP contribution in [0.4, 0.5) is 5.69 Å². The summed E-state index contributed by atoms with van der Waals surface area (Å²) in [5, 5.41) is 3.27. The maximum Gasteiger partial charge on any atom is 0.255 e. The number of sulfonamides is 1. The molecule has 0 aliphatic carbocycles. The van der Waals surface area contributed by atoms with E-state index in [1.165, 1.54) is 31.3 Å². The lowest BCUT2D eigenvalue weighted by molar-refractivity contribution is 0.102. The van der Waals surface area contributed by atoms with Crippen LogP contribution in [0.2, 0.25) is 5.02 Å². The average molecular weight is 339 g/mol. The highest BCUT2D eigenvalue weighted by molar-refractivity contribution is 7.89. The molecule has 0 atom stereocenters. The van der Waals surface area contributed by atoms with Crippen molar-refractivity contribution in [1.82, 2.24) is 4.72 Å². The van der Waals surface area contributed by atoms with Crippen molar-refractivity contribution in [3.63, 3.8) is 0 Å². The van der Waals surface area contributed by atoms with Gasteiger partial charge in [-0.25, -0.2) is 13.1 Å². The molecule has 2 N–H and O–H groups in total. The number of hydrogen-bond donors (Lipinski definition) is 2. The Kier molecular flexibility index (Phi) is 4.85. The van der Waals surface area contributed by atoms with Gasteiger partial charge in [0.1, 0.15) is 0 Å². The van der Waals surface area contributed by atoms with Gasteiger partial charge in [-0.05, 0) is 55.9 Å². The van der Waals surface area contributed by atoms with Gasteiger partial charge in [-0.3, -0.25) is 4.79 Å². The number of halogens is 1. The molecule has 0 bridgehead atoms. The molecule has 0 aliphatic rings. The minimum absolute atomic E-state index is 0.102. The minimum atomic E-state index is -3.51. The predicted octanol–water partition coefficient (Wildman–Crippen LogP) is 2.81. The van der Waals surface area contributed by atoms with Crippen LogP contribution in [0.15, 0.2) is 47.4 Å². The summed E-state index contributed by atoms with van der Waals surface area (Å²) < 4.78 is 25.4. The average Bonchev–Trinajstić information content (AvgIpc) is 2.51. The van der Waals surface area contributed by atoms with Crippen molar-refractivity contribution in [2.45, 2.75) is 11.8 Å². The van der Waals surface area contributed by atoms with E-state index in [-0.39, 0.29) is 10.8 Å². The molecule has 2 aromatic rings. The number of carbonyl (C=O) groups is 1. The Bertz CT molecular complexity index is 802. The van der Waals surface area contributed by atoms with E-state index >= 15 is 0 Å². The first-order valence-corrected chi connectivity index (χ1v) is 8.31. The Hall–Kier alpha value is -1.89. The molecule has 2 aromatic carbocycles. The number of carbonyl (C=O) groups excluding carboxylic acids is 1. The van der Waals surface area contributed by atoms with Gasteiger partial charge in [-0.1, -0.05) is 17.7 Å². The van der Waals surface area contributed by atoms with Crippen LogP contribution >= 0.6 is 11.6 Å². The van der Waals surface area contributed by atoms with Crippen LogP contribution in [-0.2, 0) is 10.0 Å². The van der Waals surface area contributed by atoms with Crippen LogP contribution in [0, 0.1) is 6.92 Å². The summed E-state index contributed by atoms with van der Waals surface area (Å²) in [6, 6.07) is 10.9. The first kappa shape index (κ1) is 16.5. The summed E-state index contributed by atoms with van der Waals surface area (Å²) in [4.78, 5) is 12.2. The molecule has 0 unspecified atom stereocenters. The summed E-state index contributed by atoms with van der Waals surface area (Å²) in [6.07, 6.45) is 0. The van der Waals surface area contributed by atoms with Crippen molar-refractivity contribution in [3.05, 3.63) is 58.6 Å². The third-order valence-corrected chi connectivity index (χ3v) is 4.96. The molecule has 116 valence electrons. The standard InChI is InChI=1S/C15H15ClN2O3S/c1-10-3-6-12(9-14(10)16)18-15(19)11-4-7-13(8-5-11)22(20,21)17-2/h3-9,17H,1-2H3,(H,18,19). The van der Waals surface area contributed by atoms with Gasteiger partial charge in [0, 0.05) is 16.3 Å².